The van der Waals surface area contributed by atoms with Gasteiger partial charge in [-0.15, -0.1) is 0 Å². The number of hydrogen-bond donors (Lipinski definition) is 2. The maximum atomic E-state index is 11.7. The number of carbonyl (C=O) groups is 1. The number of piperidine rings is 1. The molecule has 1 aliphatic rings. The zero-order valence-electron chi connectivity index (χ0n) is 9.58. The molecule has 0 aliphatic carbocycles. The standard InChI is InChI=1S/C12H18N2O2/c1-9-4-5-12(16-9)14-11(15)7-10-3-2-6-13-8-10/h4-5,10,13H,2-3,6-8H2,1H3,(H,14,15). The van der Waals surface area contributed by atoms with Crippen LogP contribution in [0, 0.1) is 12.8 Å². The van der Waals surface area contributed by atoms with E-state index >= 15 is 0 Å². The number of amides is 1. The first-order chi connectivity index (χ1) is 7.74. The molecule has 1 aromatic heterocycles. The lowest BCUT2D eigenvalue weighted by Crippen LogP contribution is -2.32. The van der Waals surface area contributed by atoms with Crippen molar-refractivity contribution in [2.75, 3.05) is 18.4 Å². The molecule has 88 valence electrons. The Balaban J connectivity index is 1.79. The van der Waals surface area contributed by atoms with Crippen LogP contribution >= 0.6 is 0 Å². The minimum Gasteiger partial charge on any atom is -0.446 e. The van der Waals surface area contributed by atoms with Crippen molar-refractivity contribution in [3.8, 4) is 0 Å². The van der Waals surface area contributed by atoms with Crippen LogP contribution in [0.5, 0.6) is 0 Å². The van der Waals surface area contributed by atoms with Crippen LogP contribution in [-0.4, -0.2) is 19.0 Å². The van der Waals surface area contributed by atoms with Crippen molar-refractivity contribution in [3.63, 3.8) is 0 Å². The highest BCUT2D eigenvalue weighted by Crippen LogP contribution is 2.16. The molecule has 1 atom stereocenters. The van der Waals surface area contributed by atoms with Gasteiger partial charge < -0.3 is 9.73 Å². The monoisotopic (exact) mass is 222 g/mol. The molecule has 0 aromatic carbocycles. The van der Waals surface area contributed by atoms with E-state index in [-0.39, 0.29) is 5.91 Å². The van der Waals surface area contributed by atoms with Gasteiger partial charge in [-0.05, 0) is 44.8 Å². The Bertz CT molecular complexity index is 354. The molecule has 1 saturated heterocycles. The average Bonchev–Trinajstić information content (AvgIpc) is 2.65. The van der Waals surface area contributed by atoms with Crippen LogP contribution < -0.4 is 10.6 Å². The molecule has 0 spiro atoms. The Kier molecular flexibility index (Phi) is 3.62. The first-order valence-electron chi connectivity index (χ1n) is 5.81. The SMILES string of the molecule is Cc1ccc(NC(=O)CC2CCCNC2)o1. The van der Waals surface area contributed by atoms with E-state index in [0.29, 0.717) is 18.2 Å². The highest BCUT2D eigenvalue weighted by atomic mass is 16.4. The molecular weight excluding hydrogens is 204 g/mol. The van der Waals surface area contributed by atoms with Crippen LogP contribution in [0.4, 0.5) is 5.88 Å². The van der Waals surface area contributed by atoms with Gasteiger partial charge in [-0.2, -0.15) is 0 Å². The Morgan fingerprint density at radius 3 is 3.12 bits per heavy atom. The van der Waals surface area contributed by atoms with Gasteiger partial charge in [0.1, 0.15) is 5.76 Å². The smallest absolute Gasteiger partial charge is 0.227 e. The molecule has 4 heteroatoms. The summed E-state index contributed by atoms with van der Waals surface area (Å²) in [6, 6.07) is 3.63. The molecule has 0 saturated carbocycles. The van der Waals surface area contributed by atoms with Gasteiger partial charge in [0.2, 0.25) is 5.91 Å². The highest BCUT2D eigenvalue weighted by molar-refractivity contribution is 5.89. The summed E-state index contributed by atoms with van der Waals surface area (Å²) in [5.74, 6) is 1.87. The lowest BCUT2D eigenvalue weighted by atomic mass is 9.96. The number of anilines is 1. The van der Waals surface area contributed by atoms with Crippen LogP contribution in [0.25, 0.3) is 0 Å². The number of nitrogens with one attached hydrogen (secondary N) is 2. The zero-order valence-corrected chi connectivity index (χ0v) is 9.58. The van der Waals surface area contributed by atoms with E-state index in [0.717, 1.165) is 31.7 Å². The molecule has 1 aliphatic heterocycles. The average molecular weight is 222 g/mol. The second-order valence-electron chi connectivity index (χ2n) is 4.37. The van der Waals surface area contributed by atoms with Crippen LogP contribution in [0.3, 0.4) is 0 Å². The van der Waals surface area contributed by atoms with Gasteiger partial charge in [-0.25, -0.2) is 0 Å². The fourth-order valence-corrected chi connectivity index (χ4v) is 2.05. The zero-order chi connectivity index (χ0) is 11.4. The molecule has 2 rings (SSSR count). The van der Waals surface area contributed by atoms with E-state index in [4.69, 9.17) is 4.42 Å². The van der Waals surface area contributed by atoms with Crippen molar-refractivity contribution in [2.24, 2.45) is 5.92 Å². The summed E-state index contributed by atoms with van der Waals surface area (Å²) in [7, 11) is 0. The molecule has 1 unspecified atom stereocenters. The van der Waals surface area contributed by atoms with Gasteiger partial charge in [0.05, 0.1) is 0 Å². The Morgan fingerprint density at radius 2 is 2.50 bits per heavy atom. The van der Waals surface area contributed by atoms with Crippen molar-refractivity contribution in [2.45, 2.75) is 26.2 Å². The lowest BCUT2D eigenvalue weighted by Gasteiger charge is -2.21. The van der Waals surface area contributed by atoms with E-state index < -0.39 is 0 Å². The summed E-state index contributed by atoms with van der Waals surface area (Å²) < 4.78 is 5.30. The van der Waals surface area contributed by atoms with Crippen LogP contribution in [0.15, 0.2) is 16.5 Å². The summed E-state index contributed by atoms with van der Waals surface area (Å²) in [5.41, 5.74) is 0. The third kappa shape index (κ3) is 3.10. The van der Waals surface area contributed by atoms with Crippen molar-refractivity contribution >= 4 is 11.8 Å². The number of furan rings is 1. The molecule has 4 nitrogen and oxygen atoms in total. The Morgan fingerprint density at radius 1 is 1.62 bits per heavy atom. The summed E-state index contributed by atoms with van der Waals surface area (Å²) in [4.78, 5) is 11.7. The van der Waals surface area contributed by atoms with E-state index in [1.807, 2.05) is 13.0 Å². The molecule has 0 radical (unpaired) electrons. The minimum absolute atomic E-state index is 0.0445. The van der Waals surface area contributed by atoms with Crippen molar-refractivity contribution in [3.05, 3.63) is 17.9 Å². The largest absolute Gasteiger partial charge is 0.446 e. The third-order valence-electron chi connectivity index (χ3n) is 2.88. The van der Waals surface area contributed by atoms with E-state index in [1.165, 1.54) is 0 Å². The van der Waals surface area contributed by atoms with Gasteiger partial charge in [0.15, 0.2) is 5.88 Å². The van der Waals surface area contributed by atoms with Crippen molar-refractivity contribution < 1.29 is 9.21 Å². The predicted octanol–water partition coefficient (Wildman–Crippen LogP) is 1.92. The molecule has 1 amide bonds. The third-order valence-corrected chi connectivity index (χ3v) is 2.88. The minimum atomic E-state index is 0.0445. The first kappa shape index (κ1) is 11.2. The topological polar surface area (TPSA) is 54.3 Å². The summed E-state index contributed by atoms with van der Waals surface area (Å²) >= 11 is 0. The lowest BCUT2D eigenvalue weighted by molar-refractivity contribution is -0.117. The molecule has 1 aromatic rings. The number of hydrogen-bond acceptors (Lipinski definition) is 3. The summed E-state index contributed by atoms with van der Waals surface area (Å²) in [6.45, 7) is 3.89. The molecule has 2 N–H and O–H groups in total. The summed E-state index contributed by atoms with van der Waals surface area (Å²) in [6.07, 6.45) is 2.88. The van der Waals surface area contributed by atoms with Gasteiger partial charge in [0.25, 0.3) is 0 Å². The van der Waals surface area contributed by atoms with E-state index in [2.05, 4.69) is 10.6 Å². The molecule has 1 fully saturated rings. The number of aryl methyl sites for hydroxylation is 1. The Hall–Kier alpha value is -1.29. The normalized spacial score (nSPS) is 20.7. The second-order valence-corrected chi connectivity index (χ2v) is 4.37. The fraction of sp³-hybridized carbons (Fsp3) is 0.583. The van der Waals surface area contributed by atoms with Crippen LogP contribution in [0.1, 0.15) is 25.0 Å². The van der Waals surface area contributed by atoms with Crippen LogP contribution in [-0.2, 0) is 4.79 Å². The molecule has 0 bridgehead atoms. The Labute approximate surface area is 95.4 Å². The number of rotatable bonds is 3. The van der Waals surface area contributed by atoms with Gasteiger partial charge in [0, 0.05) is 12.5 Å². The first-order valence-corrected chi connectivity index (χ1v) is 5.81. The van der Waals surface area contributed by atoms with E-state index in [1.54, 1.807) is 6.07 Å². The highest BCUT2D eigenvalue weighted by Gasteiger charge is 2.17. The van der Waals surface area contributed by atoms with E-state index in [9.17, 15) is 4.79 Å². The van der Waals surface area contributed by atoms with Crippen LogP contribution in [0.2, 0.25) is 0 Å². The van der Waals surface area contributed by atoms with Gasteiger partial charge in [-0.1, -0.05) is 0 Å². The second kappa shape index (κ2) is 5.16. The molecule has 2 heterocycles. The maximum Gasteiger partial charge on any atom is 0.227 e. The predicted molar refractivity (Wildman–Crippen MR) is 62.3 cm³/mol. The molecule has 16 heavy (non-hydrogen) atoms. The number of carbonyl (C=O) groups excluding carboxylic acids is 1. The quantitative estimate of drug-likeness (QED) is 0.821. The van der Waals surface area contributed by atoms with Gasteiger partial charge >= 0.3 is 0 Å². The molecular formula is C12H18N2O2. The van der Waals surface area contributed by atoms with Gasteiger partial charge in [-0.3, -0.25) is 10.1 Å². The van der Waals surface area contributed by atoms with Crippen molar-refractivity contribution in [1.29, 1.82) is 0 Å². The summed E-state index contributed by atoms with van der Waals surface area (Å²) in [5, 5.41) is 6.08. The van der Waals surface area contributed by atoms with Crippen molar-refractivity contribution in [1.82, 2.24) is 5.32 Å². The maximum absolute atomic E-state index is 11.7. The fourth-order valence-electron chi connectivity index (χ4n) is 2.05.